The fraction of sp³-hybridized carbons (Fsp3) is 0.429. The van der Waals surface area contributed by atoms with Crippen LogP contribution in [0.1, 0.15) is 30.7 Å². The number of benzene rings is 1. The van der Waals surface area contributed by atoms with Crippen molar-refractivity contribution in [1.82, 2.24) is 24.8 Å². The second-order valence-electron chi connectivity index (χ2n) is 7.47. The summed E-state index contributed by atoms with van der Waals surface area (Å²) in [5.74, 6) is 0.485. The average Bonchev–Trinajstić information content (AvgIpc) is 3.10. The maximum Gasteiger partial charge on any atom is 0.234 e. The molecule has 0 bridgehead atoms. The van der Waals surface area contributed by atoms with Crippen molar-refractivity contribution in [2.24, 2.45) is 13.0 Å². The van der Waals surface area contributed by atoms with Crippen LogP contribution < -0.4 is 10.1 Å². The molecule has 1 saturated heterocycles. The second-order valence-corrected chi connectivity index (χ2v) is 7.47. The van der Waals surface area contributed by atoms with Gasteiger partial charge in [-0.3, -0.25) is 0 Å². The number of fused-ring (bicyclic) bond motifs is 1. The van der Waals surface area contributed by atoms with Crippen LogP contribution in [0.15, 0.2) is 18.5 Å². The number of halogens is 1. The molecule has 1 aliphatic heterocycles. The Hall–Kier alpha value is -3.05. The van der Waals surface area contributed by atoms with Gasteiger partial charge < -0.3 is 14.6 Å². The summed E-state index contributed by atoms with van der Waals surface area (Å²) in [5.41, 5.74) is 2.74. The maximum atomic E-state index is 14.9. The highest BCUT2D eigenvalue weighted by molar-refractivity contribution is 5.88. The zero-order chi connectivity index (χ0) is 20.4. The molecule has 0 amide bonds. The van der Waals surface area contributed by atoms with E-state index in [0.29, 0.717) is 40.5 Å². The van der Waals surface area contributed by atoms with Gasteiger partial charge in [0.1, 0.15) is 17.3 Å². The third kappa shape index (κ3) is 3.91. The molecule has 3 aromatic rings. The summed E-state index contributed by atoms with van der Waals surface area (Å²) >= 11 is 0. The molecule has 0 radical (unpaired) electrons. The van der Waals surface area contributed by atoms with E-state index in [1.54, 1.807) is 17.9 Å². The lowest BCUT2D eigenvalue weighted by molar-refractivity contribution is 0.243. The molecule has 1 aromatic carbocycles. The van der Waals surface area contributed by atoms with E-state index < -0.39 is 5.82 Å². The second kappa shape index (κ2) is 8.13. The van der Waals surface area contributed by atoms with E-state index >= 15 is 0 Å². The highest BCUT2D eigenvalue weighted by Crippen LogP contribution is 2.32. The molecule has 0 saturated carbocycles. The van der Waals surface area contributed by atoms with Crippen LogP contribution in [-0.4, -0.2) is 39.2 Å². The number of nitrogens with zero attached hydrogens (tertiary/aromatic N) is 5. The molecule has 7 nitrogen and oxygen atoms in total. The number of nitriles is 1. The highest BCUT2D eigenvalue weighted by Gasteiger charge is 2.18. The molecule has 29 heavy (non-hydrogen) atoms. The summed E-state index contributed by atoms with van der Waals surface area (Å²) in [6, 6.07) is 5.17. The number of hydrogen-bond acceptors (Lipinski definition) is 6. The molecule has 0 aliphatic carbocycles. The number of imidazole rings is 1. The van der Waals surface area contributed by atoms with Gasteiger partial charge in [0.2, 0.25) is 5.82 Å². The van der Waals surface area contributed by atoms with Gasteiger partial charge in [-0.25, -0.2) is 14.4 Å². The summed E-state index contributed by atoms with van der Waals surface area (Å²) in [5, 5.41) is 12.6. The molecule has 4 rings (SSSR count). The monoisotopic (exact) mass is 394 g/mol. The molecule has 0 unspecified atom stereocenters. The van der Waals surface area contributed by atoms with Crippen molar-refractivity contribution in [3.05, 3.63) is 35.7 Å². The minimum atomic E-state index is -0.438. The smallest absolute Gasteiger partial charge is 0.234 e. The number of aryl methyl sites for hydroxylation is 2. The molecular weight excluding hydrogens is 371 g/mol. The lowest BCUT2D eigenvalue weighted by atomic mass is 9.95. The van der Waals surface area contributed by atoms with E-state index in [1.807, 2.05) is 19.1 Å². The van der Waals surface area contributed by atoms with Crippen LogP contribution in [0.2, 0.25) is 0 Å². The first-order valence-corrected chi connectivity index (χ1v) is 9.80. The average molecular weight is 394 g/mol. The minimum absolute atomic E-state index is 0.0245. The van der Waals surface area contributed by atoms with Gasteiger partial charge in [-0.2, -0.15) is 10.2 Å². The lowest BCUT2D eigenvalue weighted by Crippen LogP contribution is -2.28. The van der Waals surface area contributed by atoms with E-state index in [9.17, 15) is 9.65 Å². The van der Waals surface area contributed by atoms with Crippen LogP contribution in [-0.2, 0) is 7.05 Å². The van der Waals surface area contributed by atoms with Crippen LogP contribution in [0.5, 0.6) is 5.75 Å². The normalized spacial score (nSPS) is 14.8. The van der Waals surface area contributed by atoms with Crippen molar-refractivity contribution in [2.75, 3.05) is 19.7 Å². The Labute approximate surface area is 168 Å². The van der Waals surface area contributed by atoms with Crippen LogP contribution in [0.25, 0.3) is 22.4 Å². The van der Waals surface area contributed by atoms with Crippen LogP contribution in [0.4, 0.5) is 4.39 Å². The summed E-state index contributed by atoms with van der Waals surface area (Å²) in [6.45, 7) is 4.39. The van der Waals surface area contributed by atoms with Gasteiger partial charge in [-0.15, -0.1) is 0 Å². The SMILES string of the molecule is Cc1cc(-c2nc(C#N)nc3c2ncn3C)cc(F)c1OCCC1CCNCC1. The molecular formula is C21H23FN6O. The maximum absolute atomic E-state index is 14.9. The summed E-state index contributed by atoms with van der Waals surface area (Å²) in [7, 11) is 1.79. The third-order valence-electron chi connectivity index (χ3n) is 5.39. The fourth-order valence-corrected chi connectivity index (χ4v) is 3.81. The van der Waals surface area contributed by atoms with Gasteiger partial charge in [0.15, 0.2) is 17.2 Å². The quantitative estimate of drug-likeness (QED) is 0.715. The lowest BCUT2D eigenvalue weighted by Gasteiger charge is -2.22. The van der Waals surface area contributed by atoms with Crippen molar-refractivity contribution in [3.8, 4) is 23.1 Å². The number of nitrogens with one attached hydrogen (secondary N) is 1. The van der Waals surface area contributed by atoms with E-state index in [4.69, 9.17) is 4.74 Å². The van der Waals surface area contributed by atoms with Gasteiger partial charge in [0.05, 0.1) is 12.9 Å². The summed E-state index contributed by atoms with van der Waals surface area (Å²) in [6.07, 6.45) is 4.80. The minimum Gasteiger partial charge on any atom is -0.490 e. The van der Waals surface area contributed by atoms with Crippen LogP contribution in [0, 0.1) is 30.0 Å². The predicted molar refractivity (Wildman–Crippen MR) is 107 cm³/mol. The molecule has 1 aliphatic rings. The Morgan fingerprint density at radius 3 is 2.83 bits per heavy atom. The largest absolute Gasteiger partial charge is 0.490 e. The molecule has 0 atom stereocenters. The molecule has 1 fully saturated rings. The first-order valence-electron chi connectivity index (χ1n) is 9.80. The Morgan fingerprint density at radius 2 is 2.10 bits per heavy atom. The van der Waals surface area contributed by atoms with Gasteiger partial charge >= 0.3 is 0 Å². The Bertz CT molecular complexity index is 1060. The number of aromatic nitrogens is 4. The van der Waals surface area contributed by atoms with Gasteiger partial charge in [0, 0.05) is 12.6 Å². The van der Waals surface area contributed by atoms with E-state index in [-0.39, 0.29) is 11.6 Å². The van der Waals surface area contributed by atoms with Crippen LogP contribution >= 0.6 is 0 Å². The number of rotatable bonds is 5. The molecule has 2 aromatic heterocycles. The first kappa shape index (κ1) is 19.3. The number of hydrogen-bond donors (Lipinski definition) is 1. The predicted octanol–water partition coefficient (Wildman–Crippen LogP) is 3.12. The van der Waals surface area contributed by atoms with E-state index in [2.05, 4.69) is 20.3 Å². The molecule has 3 heterocycles. The van der Waals surface area contributed by atoms with Gasteiger partial charge in [0.25, 0.3) is 0 Å². The van der Waals surface area contributed by atoms with Crippen molar-refractivity contribution in [2.45, 2.75) is 26.2 Å². The third-order valence-corrected chi connectivity index (χ3v) is 5.39. The molecule has 150 valence electrons. The van der Waals surface area contributed by atoms with Crippen molar-refractivity contribution >= 4 is 11.2 Å². The Morgan fingerprint density at radius 1 is 1.31 bits per heavy atom. The van der Waals surface area contributed by atoms with E-state index in [0.717, 1.165) is 32.4 Å². The topological polar surface area (TPSA) is 88.7 Å². The van der Waals surface area contributed by atoms with Crippen LogP contribution in [0.3, 0.4) is 0 Å². The zero-order valence-corrected chi connectivity index (χ0v) is 16.6. The zero-order valence-electron chi connectivity index (χ0n) is 16.6. The summed E-state index contributed by atoms with van der Waals surface area (Å²) < 4.78 is 22.4. The number of piperidine rings is 1. The van der Waals surface area contributed by atoms with Crippen molar-refractivity contribution in [1.29, 1.82) is 5.26 Å². The van der Waals surface area contributed by atoms with Crippen molar-refractivity contribution < 1.29 is 9.13 Å². The Kier molecular flexibility index (Phi) is 5.41. The molecule has 8 heteroatoms. The van der Waals surface area contributed by atoms with Gasteiger partial charge in [-0.1, -0.05) is 0 Å². The fourth-order valence-electron chi connectivity index (χ4n) is 3.81. The number of ether oxygens (including phenoxy) is 1. The highest BCUT2D eigenvalue weighted by atomic mass is 19.1. The first-order chi connectivity index (χ1) is 14.1. The van der Waals surface area contributed by atoms with E-state index in [1.165, 1.54) is 6.07 Å². The van der Waals surface area contributed by atoms with Gasteiger partial charge in [-0.05, 0) is 62.9 Å². The molecule has 1 N–H and O–H groups in total. The Balaban J connectivity index is 1.60. The molecule has 0 spiro atoms. The van der Waals surface area contributed by atoms with Crippen molar-refractivity contribution in [3.63, 3.8) is 0 Å². The standard InChI is InChI=1S/C21H23FN6O/c1-13-9-15(18-19-21(28(2)12-25-19)27-17(11-23)26-18)10-16(22)20(13)29-8-5-14-3-6-24-7-4-14/h9-10,12,14,24H,3-8H2,1-2H3. The summed E-state index contributed by atoms with van der Waals surface area (Å²) in [4.78, 5) is 12.8.